The van der Waals surface area contributed by atoms with Crippen molar-refractivity contribution in [2.24, 2.45) is 0 Å². The van der Waals surface area contributed by atoms with Crippen LogP contribution in [0, 0.1) is 0 Å². The van der Waals surface area contributed by atoms with Gasteiger partial charge < -0.3 is 9.47 Å². The van der Waals surface area contributed by atoms with Crippen LogP contribution in [0.4, 0.5) is 0 Å². The molecule has 100 valence electrons. The van der Waals surface area contributed by atoms with Gasteiger partial charge in [0.2, 0.25) is 5.69 Å². The van der Waals surface area contributed by atoms with Gasteiger partial charge >= 0.3 is 5.97 Å². The third kappa shape index (κ3) is 3.25. The fraction of sp³-hybridized carbons (Fsp3) is 0.250. The van der Waals surface area contributed by atoms with Gasteiger partial charge in [-0.25, -0.2) is 4.79 Å². The van der Waals surface area contributed by atoms with Crippen molar-refractivity contribution in [1.82, 2.24) is 15.4 Å². The summed E-state index contributed by atoms with van der Waals surface area (Å²) in [4.78, 5) is 12.6. The maximum atomic E-state index is 11.6. The van der Waals surface area contributed by atoms with Crippen LogP contribution in [0.1, 0.15) is 17.4 Å². The number of ether oxygens (including phenoxy) is 2. The van der Waals surface area contributed by atoms with Gasteiger partial charge in [-0.2, -0.15) is 5.21 Å². The van der Waals surface area contributed by atoms with Gasteiger partial charge in [0, 0.05) is 4.90 Å². The minimum Gasteiger partial charge on any atom is -0.497 e. The zero-order chi connectivity index (χ0) is 13.7. The van der Waals surface area contributed by atoms with Gasteiger partial charge in [0.15, 0.2) is 5.03 Å². The number of nitrogens with one attached hydrogen (secondary N) is 1. The van der Waals surface area contributed by atoms with Crippen LogP contribution >= 0.6 is 11.8 Å². The minimum atomic E-state index is -0.479. The summed E-state index contributed by atoms with van der Waals surface area (Å²) in [5, 5.41) is 10.7. The second-order valence-electron chi connectivity index (χ2n) is 3.48. The predicted octanol–water partition coefficient (Wildman–Crippen LogP) is 2.14. The summed E-state index contributed by atoms with van der Waals surface area (Å²) in [6.45, 7) is 2.05. The number of rotatable bonds is 5. The van der Waals surface area contributed by atoms with Crippen molar-refractivity contribution in [3.63, 3.8) is 0 Å². The molecule has 0 aliphatic carbocycles. The van der Waals surface area contributed by atoms with Crippen molar-refractivity contribution in [3.05, 3.63) is 30.0 Å². The molecule has 0 radical (unpaired) electrons. The molecule has 0 aliphatic heterocycles. The summed E-state index contributed by atoms with van der Waals surface area (Å²) in [6.07, 6.45) is 0. The van der Waals surface area contributed by atoms with Crippen LogP contribution in [0.15, 0.2) is 34.2 Å². The van der Waals surface area contributed by atoms with E-state index in [9.17, 15) is 4.79 Å². The first kappa shape index (κ1) is 13.4. The Labute approximate surface area is 114 Å². The number of benzene rings is 1. The van der Waals surface area contributed by atoms with E-state index in [1.54, 1.807) is 14.0 Å². The summed E-state index contributed by atoms with van der Waals surface area (Å²) in [5.74, 6) is 0.294. The molecule has 1 aromatic carbocycles. The normalized spacial score (nSPS) is 10.2. The number of hydrogen-bond acceptors (Lipinski definition) is 6. The molecular weight excluding hydrogens is 266 g/mol. The van der Waals surface area contributed by atoms with Crippen LogP contribution in [0.2, 0.25) is 0 Å². The Hall–Kier alpha value is -2.02. The zero-order valence-electron chi connectivity index (χ0n) is 10.5. The van der Waals surface area contributed by atoms with E-state index in [0.717, 1.165) is 10.6 Å². The van der Waals surface area contributed by atoms with E-state index in [1.165, 1.54) is 11.8 Å². The fourth-order valence-electron chi connectivity index (χ4n) is 1.38. The number of methoxy groups -OCH3 is 1. The Balaban J connectivity index is 2.14. The molecule has 1 aromatic heterocycles. The summed E-state index contributed by atoms with van der Waals surface area (Å²) in [5.41, 5.74) is 0.197. The van der Waals surface area contributed by atoms with Gasteiger partial charge in [0.05, 0.1) is 13.7 Å². The summed E-state index contributed by atoms with van der Waals surface area (Å²) < 4.78 is 9.99. The van der Waals surface area contributed by atoms with Crippen molar-refractivity contribution >= 4 is 17.7 Å². The van der Waals surface area contributed by atoms with Gasteiger partial charge in [-0.05, 0) is 31.2 Å². The second-order valence-corrected chi connectivity index (χ2v) is 4.54. The fourth-order valence-corrected chi connectivity index (χ4v) is 2.19. The van der Waals surface area contributed by atoms with Gasteiger partial charge in [0.1, 0.15) is 5.75 Å². The quantitative estimate of drug-likeness (QED) is 0.845. The maximum absolute atomic E-state index is 11.6. The second kappa shape index (κ2) is 6.24. The lowest BCUT2D eigenvalue weighted by Crippen LogP contribution is -2.06. The molecule has 0 amide bonds. The van der Waals surface area contributed by atoms with Crippen molar-refractivity contribution < 1.29 is 14.3 Å². The molecule has 0 saturated heterocycles. The molecule has 7 heteroatoms. The SMILES string of the molecule is CCOC(=O)c1n[nH]nc1Sc1ccc(OC)cc1. The lowest BCUT2D eigenvalue weighted by molar-refractivity contribution is 0.0515. The number of carbonyl (C=O) groups excluding carboxylic acids is 1. The van der Waals surface area contributed by atoms with Gasteiger partial charge in [-0.15, -0.1) is 10.2 Å². The molecule has 0 unspecified atom stereocenters. The third-order valence-corrected chi connectivity index (χ3v) is 3.24. The Bertz CT molecular complexity index is 554. The molecular formula is C12H13N3O3S. The van der Waals surface area contributed by atoms with Gasteiger partial charge in [-0.3, -0.25) is 0 Å². The van der Waals surface area contributed by atoms with E-state index < -0.39 is 5.97 Å². The van der Waals surface area contributed by atoms with E-state index in [0.29, 0.717) is 11.6 Å². The van der Waals surface area contributed by atoms with Crippen molar-refractivity contribution in [2.75, 3.05) is 13.7 Å². The van der Waals surface area contributed by atoms with Crippen LogP contribution in [0.25, 0.3) is 0 Å². The molecule has 1 heterocycles. The van der Waals surface area contributed by atoms with Crippen LogP contribution in [0.5, 0.6) is 5.75 Å². The zero-order valence-corrected chi connectivity index (χ0v) is 11.4. The predicted molar refractivity (Wildman–Crippen MR) is 69.5 cm³/mol. The van der Waals surface area contributed by atoms with Gasteiger partial charge in [0.25, 0.3) is 0 Å². The van der Waals surface area contributed by atoms with E-state index in [1.807, 2.05) is 24.3 Å². The number of esters is 1. The lowest BCUT2D eigenvalue weighted by Gasteiger charge is -2.02. The Morgan fingerprint density at radius 1 is 1.32 bits per heavy atom. The number of hydrogen-bond donors (Lipinski definition) is 1. The Kier molecular flexibility index (Phi) is 4.40. The highest BCUT2D eigenvalue weighted by atomic mass is 32.2. The highest BCUT2D eigenvalue weighted by Gasteiger charge is 2.18. The molecule has 2 aromatic rings. The van der Waals surface area contributed by atoms with Gasteiger partial charge in [-0.1, -0.05) is 11.8 Å². The maximum Gasteiger partial charge on any atom is 0.361 e. The first-order chi connectivity index (χ1) is 9.24. The highest BCUT2D eigenvalue weighted by molar-refractivity contribution is 7.99. The molecule has 0 spiro atoms. The molecule has 19 heavy (non-hydrogen) atoms. The first-order valence-electron chi connectivity index (χ1n) is 5.64. The summed E-state index contributed by atoms with van der Waals surface area (Å²) in [7, 11) is 1.61. The minimum absolute atomic E-state index is 0.197. The number of nitrogens with zero attached hydrogens (tertiary/aromatic N) is 2. The molecule has 6 nitrogen and oxygen atoms in total. The van der Waals surface area contributed by atoms with Crippen molar-refractivity contribution in [2.45, 2.75) is 16.8 Å². The Morgan fingerprint density at radius 2 is 2.05 bits per heavy atom. The van der Waals surface area contributed by atoms with E-state index >= 15 is 0 Å². The van der Waals surface area contributed by atoms with Crippen LogP contribution in [-0.2, 0) is 4.74 Å². The molecule has 0 aliphatic rings. The van der Waals surface area contributed by atoms with Crippen LogP contribution in [-0.4, -0.2) is 35.1 Å². The number of aromatic amines is 1. The number of H-pyrrole nitrogens is 1. The summed E-state index contributed by atoms with van der Waals surface area (Å²) in [6, 6.07) is 7.44. The topological polar surface area (TPSA) is 77.1 Å². The Morgan fingerprint density at radius 3 is 2.68 bits per heavy atom. The van der Waals surface area contributed by atoms with Crippen molar-refractivity contribution in [1.29, 1.82) is 0 Å². The highest BCUT2D eigenvalue weighted by Crippen LogP contribution is 2.29. The number of aromatic nitrogens is 3. The largest absolute Gasteiger partial charge is 0.497 e. The molecule has 2 rings (SSSR count). The molecule has 0 atom stereocenters. The first-order valence-corrected chi connectivity index (χ1v) is 6.46. The monoisotopic (exact) mass is 279 g/mol. The molecule has 0 fully saturated rings. The van der Waals surface area contributed by atoms with Crippen LogP contribution < -0.4 is 4.74 Å². The number of carbonyl (C=O) groups is 1. The average molecular weight is 279 g/mol. The lowest BCUT2D eigenvalue weighted by atomic mass is 10.3. The third-order valence-electron chi connectivity index (χ3n) is 2.26. The van der Waals surface area contributed by atoms with Crippen molar-refractivity contribution in [3.8, 4) is 5.75 Å². The van der Waals surface area contributed by atoms with E-state index in [2.05, 4.69) is 15.4 Å². The molecule has 0 saturated carbocycles. The summed E-state index contributed by atoms with van der Waals surface area (Å²) >= 11 is 1.33. The average Bonchev–Trinajstić information content (AvgIpc) is 2.88. The van der Waals surface area contributed by atoms with Crippen LogP contribution in [0.3, 0.4) is 0 Å². The van der Waals surface area contributed by atoms with E-state index in [-0.39, 0.29) is 5.69 Å². The van der Waals surface area contributed by atoms with E-state index in [4.69, 9.17) is 9.47 Å². The molecule has 0 bridgehead atoms. The standard InChI is InChI=1S/C12H13N3O3S/c1-3-18-12(16)10-11(14-15-13-10)19-9-6-4-8(17-2)5-7-9/h4-7H,3H2,1-2H3,(H,13,14,15). The smallest absolute Gasteiger partial charge is 0.361 e. The molecule has 1 N–H and O–H groups in total.